The summed E-state index contributed by atoms with van der Waals surface area (Å²) in [7, 11) is 1.91. The van der Waals surface area contributed by atoms with Gasteiger partial charge in [0.2, 0.25) is 0 Å². The summed E-state index contributed by atoms with van der Waals surface area (Å²) >= 11 is 0. The number of aryl methyl sites for hydroxylation is 1. The Morgan fingerprint density at radius 3 is 2.93 bits per heavy atom. The molecule has 0 amide bonds. The van der Waals surface area contributed by atoms with Crippen molar-refractivity contribution >= 4 is 5.97 Å². The van der Waals surface area contributed by atoms with Crippen LogP contribution >= 0.6 is 0 Å². The molecule has 0 saturated heterocycles. The first kappa shape index (κ1) is 17.3. The lowest BCUT2D eigenvalue weighted by molar-refractivity contribution is 0.0693. The van der Waals surface area contributed by atoms with E-state index in [0.717, 1.165) is 41.2 Å². The minimum Gasteiger partial charge on any atom is -0.507 e. The lowest BCUT2D eigenvalue weighted by atomic mass is 9.95. The van der Waals surface area contributed by atoms with Gasteiger partial charge in [0, 0.05) is 43.5 Å². The summed E-state index contributed by atoms with van der Waals surface area (Å²) in [6.45, 7) is 3.38. The fourth-order valence-corrected chi connectivity index (χ4v) is 3.71. The summed E-state index contributed by atoms with van der Waals surface area (Å²) in [5.41, 5.74) is 5.00. The molecule has 0 bridgehead atoms. The van der Waals surface area contributed by atoms with Gasteiger partial charge < -0.3 is 15.2 Å². The minimum atomic E-state index is -1.14. The van der Waals surface area contributed by atoms with Crippen molar-refractivity contribution in [3.8, 4) is 5.75 Å². The van der Waals surface area contributed by atoms with E-state index in [1.807, 2.05) is 24.9 Å². The van der Waals surface area contributed by atoms with Gasteiger partial charge in [0.05, 0.1) is 24.3 Å². The third kappa shape index (κ3) is 2.97. The van der Waals surface area contributed by atoms with Gasteiger partial charge in [-0.2, -0.15) is 5.10 Å². The average molecular weight is 367 g/mol. The number of hydrogen-bond acceptors (Lipinski definition) is 5. The minimum absolute atomic E-state index is 0.0595. The number of aromatic hydroxyl groups is 1. The van der Waals surface area contributed by atoms with Gasteiger partial charge in [-0.25, -0.2) is 9.78 Å². The average Bonchev–Trinajstić information content (AvgIpc) is 3.24. The fourth-order valence-electron chi connectivity index (χ4n) is 3.71. The standard InChI is InChI=1S/C19H21N5O3/c1-11-14(8-22-23(11)2)18-17-15(20-10-21-17)5-6-24(18)9-12-3-4-16(25)13(7-12)19(26)27/h3-4,7-8,10,18,25H,5-6,9H2,1-2H3,(H,20,21)(H,26,27)/t18-/m1/s1. The molecule has 1 atom stereocenters. The van der Waals surface area contributed by atoms with Gasteiger partial charge in [-0.3, -0.25) is 9.58 Å². The van der Waals surface area contributed by atoms with Crippen molar-refractivity contribution in [1.29, 1.82) is 0 Å². The second-order valence-electron chi connectivity index (χ2n) is 6.85. The Morgan fingerprint density at radius 2 is 2.22 bits per heavy atom. The molecule has 0 spiro atoms. The van der Waals surface area contributed by atoms with Crippen LogP contribution in [0.4, 0.5) is 0 Å². The maximum Gasteiger partial charge on any atom is 0.339 e. The topological polar surface area (TPSA) is 107 Å². The van der Waals surface area contributed by atoms with Crippen LogP contribution in [-0.4, -0.2) is 47.4 Å². The molecule has 0 aliphatic carbocycles. The van der Waals surface area contributed by atoms with Crippen LogP contribution in [0.2, 0.25) is 0 Å². The molecule has 1 aliphatic heterocycles. The predicted octanol–water partition coefficient (Wildman–Crippen LogP) is 2.00. The van der Waals surface area contributed by atoms with E-state index >= 15 is 0 Å². The van der Waals surface area contributed by atoms with E-state index in [4.69, 9.17) is 0 Å². The molecule has 8 heteroatoms. The van der Waals surface area contributed by atoms with Crippen LogP contribution in [-0.2, 0) is 20.0 Å². The molecule has 3 N–H and O–H groups in total. The number of hydrogen-bond donors (Lipinski definition) is 3. The van der Waals surface area contributed by atoms with Gasteiger partial charge in [0.1, 0.15) is 11.3 Å². The van der Waals surface area contributed by atoms with E-state index in [1.54, 1.807) is 12.4 Å². The first-order chi connectivity index (χ1) is 13.0. The summed E-state index contributed by atoms with van der Waals surface area (Å²) in [5.74, 6) is -1.36. The molecule has 1 aromatic carbocycles. The van der Waals surface area contributed by atoms with Gasteiger partial charge in [0.15, 0.2) is 0 Å². The summed E-state index contributed by atoms with van der Waals surface area (Å²) in [6, 6.07) is 4.67. The van der Waals surface area contributed by atoms with E-state index in [-0.39, 0.29) is 17.4 Å². The molecule has 0 saturated carbocycles. The van der Waals surface area contributed by atoms with E-state index in [1.165, 1.54) is 12.1 Å². The van der Waals surface area contributed by atoms with Crippen LogP contribution in [0.1, 0.15) is 44.6 Å². The van der Waals surface area contributed by atoms with Gasteiger partial charge in [-0.05, 0) is 24.6 Å². The highest BCUT2D eigenvalue weighted by Gasteiger charge is 2.33. The van der Waals surface area contributed by atoms with Crippen LogP contribution in [0.25, 0.3) is 0 Å². The number of nitrogens with one attached hydrogen (secondary N) is 1. The Balaban J connectivity index is 1.72. The maximum atomic E-state index is 11.3. The highest BCUT2D eigenvalue weighted by Crippen LogP contribution is 2.36. The van der Waals surface area contributed by atoms with Crippen molar-refractivity contribution in [2.45, 2.75) is 25.9 Å². The maximum absolute atomic E-state index is 11.3. The molecule has 0 radical (unpaired) electrons. The molecule has 0 unspecified atom stereocenters. The highest BCUT2D eigenvalue weighted by molar-refractivity contribution is 5.90. The van der Waals surface area contributed by atoms with Gasteiger partial charge in [0.25, 0.3) is 0 Å². The Labute approximate surface area is 156 Å². The number of imidazole rings is 1. The Bertz CT molecular complexity index is 1010. The van der Waals surface area contributed by atoms with E-state index < -0.39 is 5.97 Å². The summed E-state index contributed by atoms with van der Waals surface area (Å²) < 4.78 is 1.84. The van der Waals surface area contributed by atoms with E-state index in [2.05, 4.69) is 20.0 Å². The second kappa shape index (κ2) is 6.55. The number of rotatable bonds is 4. The summed E-state index contributed by atoms with van der Waals surface area (Å²) in [5, 5.41) is 23.4. The van der Waals surface area contributed by atoms with Crippen molar-refractivity contribution in [3.05, 3.63) is 64.5 Å². The lowest BCUT2D eigenvalue weighted by Gasteiger charge is -2.35. The number of nitrogens with zero attached hydrogens (tertiary/aromatic N) is 4. The number of carboxylic acid groups (broad SMARTS) is 1. The smallest absolute Gasteiger partial charge is 0.339 e. The number of H-pyrrole nitrogens is 1. The SMILES string of the molecule is Cc1c([C@@H]2c3nc[nH]c3CCN2Cc2ccc(O)c(C(=O)O)c2)cnn1C. The normalized spacial score (nSPS) is 17.0. The summed E-state index contributed by atoms with van der Waals surface area (Å²) in [4.78, 5) is 21.4. The van der Waals surface area contributed by atoms with Crippen molar-refractivity contribution < 1.29 is 15.0 Å². The van der Waals surface area contributed by atoms with Crippen LogP contribution in [0.15, 0.2) is 30.7 Å². The van der Waals surface area contributed by atoms with Crippen molar-refractivity contribution in [1.82, 2.24) is 24.6 Å². The number of aromatic amines is 1. The first-order valence-corrected chi connectivity index (χ1v) is 8.75. The van der Waals surface area contributed by atoms with Gasteiger partial charge in [-0.1, -0.05) is 6.07 Å². The summed E-state index contributed by atoms with van der Waals surface area (Å²) in [6.07, 6.45) is 4.43. The van der Waals surface area contributed by atoms with E-state index in [0.29, 0.717) is 6.54 Å². The van der Waals surface area contributed by atoms with Crippen LogP contribution < -0.4 is 0 Å². The number of carboxylic acids is 1. The second-order valence-corrected chi connectivity index (χ2v) is 6.85. The van der Waals surface area contributed by atoms with E-state index in [9.17, 15) is 15.0 Å². The third-order valence-electron chi connectivity index (χ3n) is 5.27. The first-order valence-electron chi connectivity index (χ1n) is 8.75. The number of benzene rings is 1. The molecular weight excluding hydrogens is 346 g/mol. The monoisotopic (exact) mass is 367 g/mol. The molecule has 1 aliphatic rings. The molecule has 27 heavy (non-hydrogen) atoms. The number of fused-ring (bicyclic) bond motifs is 1. The van der Waals surface area contributed by atoms with Crippen molar-refractivity contribution in [3.63, 3.8) is 0 Å². The quantitative estimate of drug-likeness (QED) is 0.651. The van der Waals surface area contributed by atoms with Crippen LogP contribution in [0.5, 0.6) is 5.75 Å². The third-order valence-corrected chi connectivity index (χ3v) is 5.27. The fraction of sp³-hybridized carbons (Fsp3) is 0.316. The lowest BCUT2D eigenvalue weighted by Crippen LogP contribution is -2.36. The Kier molecular flexibility index (Phi) is 4.19. The molecule has 2 aromatic heterocycles. The molecule has 3 aromatic rings. The van der Waals surface area contributed by atoms with Crippen LogP contribution in [0.3, 0.4) is 0 Å². The number of carbonyl (C=O) groups is 1. The molecular formula is C19H21N5O3. The zero-order valence-corrected chi connectivity index (χ0v) is 15.2. The predicted molar refractivity (Wildman–Crippen MR) is 97.6 cm³/mol. The zero-order chi connectivity index (χ0) is 19.1. The highest BCUT2D eigenvalue weighted by atomic mass is 16.4. The molecule has 4 rings (SSSR count). The molecule has 8 nitrogen and oxygen atoms in total. The van der Waals surface area contributed by atoms with Crippen LogP contribution in [0, 0.1) is 6.92 Å². The largest absolute Gasteiger partial charge is 0.507 e. The Hall–Kier alpha value is -3.13. The Morgan fingerprint density at radius 1 is 1.41 bits per heavy atom. The van der Waals surface area contributed by atoms with Crippen molar-refractivity contribution in [2.75, 3.05) is 6.54 Å². The number of aromatic carboxylic acids is 1. The molecule has 3 heterocycles. The number of phenols is 1. The van der Waals surface area contributed by atoms with Crippen molar-refractivity contribution in [2.24, 2.45) is 7.05 Å². The zero-order valence-electron chi connectivity index (χ0n) is 15.2. The number of aromatic nitrogens is 4. The van der Waals surface area contributed by atoms with Gasteiger partial charge >= 0.3 is 5.97 Å². The van der Waals surface area contributed by atoms with Gasteiger partial charge in [-0.15, -0.1) is 0 Å². The molecule has 140 valence electrons. The molecule has 0 fully saturated rings.